The predicted octanol–water partition coefficient (Wildman–Crippen LogP) is 2.11. The molecule has 1 aliphatic rings. The molecule has 4 rings (SSSR count). The fraction of sp³-hybridized carbons (Fsp3) is 0.318. The van der Waals surface area contributed by atoms with Gasteiger partial charge in [-0.15, -0.1) is 0 Å². The molecule has 0 saturated carbocycles. The summed E-state index contributed by atoms with van der Waals surface area (Å²) in [5.74, 6) is -0.337. The van der Waals surface area contributed by atoms with E-state index in [-0.39, 0.29) is 17.0 Å². The minimum absolute atomic E-state index is 0.0699. The molecule has 7 heteroatoms. The van der Waals surface area contributed by atoms with Crippen molar-refractivity contribution in [3.05, 3.63) is 75.8 Å². The fourth-order valence-corrected chi connectivity index (χ4v) is 3.51. The lowest BCUT2D eigenvalue weighted by molar-refractivity contribution is 0.0782. The Bertz CT molecular complexity index is 1090. The minimum atomic E-state index is -0.349. The Morgan fingerprint density at radius 3 is 2.59 bits per heavy atom. The van der Waals surface area contributed by atoms with Gasteiger partial charge in [0.05, 0.1) is 13.2 Å². The van der Waals surface area contributed by atoms with Crippen LogP contribution in [-0.2, 0) is 11.3 Å². The third-order valence-electron chi connectivity index (χ3n) is 5.16. The van der Waals surface area contributed by atoms with Gasteiger partial charge in [0, 0.05) is 44.8 Å². The molecule has 0 bridgehead atoms. The van der Waals surface area contributed by atoms with Crippen LogP contribution in [0.3, 0.4) is 0 Å². The average Bonchev–Trinajstić information content (AvgIpc) is 2.75. The highest BCUT2D eigenvalue weighted by atomic mass is 16.5. The topological polar surface area (TPSA) is 67.2 Å². The maximum atomic E-state index is 12.9. The summed E-state index contributed by atoms with van der Waals surface area (Å²) in [6, 6.07) is 11.8. The number of benzene rings is 1. The van der Waals surface area contributed by atoms with Crippen LogP contribution in [0.2, 0.25) is 0 Å². The Morgan fingerprint density at radius 1 is 1.14 bits per heavy atom. The molecule has 1 aromatic carbocycles. The smallest absolute Gasteiger partial charge is 0.270 e. The molecule has 1 amide bonds. The first kappa shape index (κ1) is 19.1. The van der Waals surface area contributed by atoms with Crippen LogP contribution in [0.15, 0.2) is 53.6 Å². The van der Waals surface area contributed by atoms with Crippen molar-refractivity contribution < 1.29 is 9.53 Å². The summed E-state index contributed by atoms with van der Waals surface area (Å²) in [4.78, 5) is 33.7. The van der Waals surface area contributed by atoms with Crippen molar-refractivity contribution in [3.8, 4) is 0 Å². The highest BCUT2D eigenvalue weighted by Crippen LogP contribution is 2.17. The zero-order valence-corrected chi connectivity index (χ0v) is 16.7. The minimum Gasteiger partial charge on any atom is -0.378 e. The number of hydrogen-bond acceptors (Lipinski definition) is 5. The van der Waals surface area contributed by atoms with Gasteiger partial charge in [0.1, 0.15) is 11.2 Å². The van der Waals surface area contributed by atoms with Crippen molar-refractivity contribution in [1.82, 2.24) is 14.3 Å². The number of hydrogen-bond donors (Lipinski definition) is 0. The first-order valence-corrected chi connectivity index (χ1v) is 9.68. The van der Waals surface area contributed by atoms with Gasteiger partial charge in [-0.25, -0.2) is 4.98 Å². The molecule has 150 valence electrons. The van der Waals surface area contributed by atoms with E-state index in [2.05, 4.69) is 22.0 Å². The van der Waals surface area contributed by atoms with Crippen molar-refractivity contribution in [3.63, 3.8) is 0 Å². The van der Waals surface area contributed by atoms with Gasteiger partial charge < -0.3 is 14.5 Å². The lowest BCUT2D eigenvalue weighted by atomic mass is 10.1. The van der Waals surface area contributed by atoms with Gasteiger partial charge in [-0.05, 0) is 36.2 Å². The second-order valence-corrected chi connectivity index (χ2v) is 7.34. The Hall–Kier alpha value is -3.19. The molecule has 3 aromatic rings. The van der Waals surface area contributed by atoms with Crippen molar-refractivity contribution >= 4 is 17.2 Å². The average molecular weight is 392 g/mol. The van der Waals surface area contributed by atoms with E-state index in [0.29, 0.717) is 12.2 Å². The summed E-state index contributed by atoms with van der Waals surface area (Å²) in [5, 5.41) is 0. The second kappa shape index (κ2) is 8.05. The van der Waals surface area contributed by atoms with E-state index in [4.69, 9.17) is 4.74 Å². The number of rotatable bonds is 4. The normalized spacial score (nSPS) is 14.2. The van der Waals surface area contributed by atoms with Crippen LogP contribution in [-0.4, -0.2) is 53.5 Å². The molecule has 1 fully saturated rings. The molecule has 1 aliphatic heterocycles. The number of aromatic nitrogens is 2. The maximum absolute atomic E-state index is 12.9. The van der Waals surface area contributed by atoms with Gasteiger partial charge in [0.15, 0.2) is 0 Å². The summed E-state index contributed by atoms with van der Waals surface area (Å²) < 4.78 is 6.81. The van der Waals surface area contributed by atoms with E-state index in [0.717, 1.165) is 43.1 Å². The molecule has 0 radical (unpaired) electrons. The largest absolute Gasteiger partial charge is 0.378 e. The number of pyridine rings is 1. The predicted molar refractivity (Wildman–Crippen MR) is 111 cm³/mol. The molecule has 0 aliphatic carbocycles. The molecular formula is C22H24N4O3. The van der Waals surface area contributed by atoms with Crippen LogP contribution in [0.4, 0.5) is 5.69 Å². The molecule has 29 heavy (non-hydrogen) atoms. The van der Waals surface area contributed by atoms with Gasteiger partial charge in [-0.2, -0.15) is 0 Å². The fourth-order valence-electron chi connectivity index (χ4n) is 3.51. The molecule has 0 atom stereocenters. The van der Waals surface area contributed by atoms with E-state index < -0.39 is 0 Å². The second-order valence-electron chi connectivity index (χ2n) is 7.34. The van der Waals surface area contributed by atoms with Crippen molar-refractivity contribution in [2.75, 3.05) is 38.3 Å². The number of morpholine rings is 1. The summed E-state index contributed by atoms with van der Waals surface area (Å²) in [6.45, 7) is 5.57. The van der Waals surface area contributed by atoms with Crippen LogP contribution in [0.5, 0.6) is 0 Å². The van der Waals surface area contributed by atoms with Gasteiger partial charge in [0.2, 0.25) is 0 Å². The summed E-state index contributed by atoms with van der Waals surface area (Å²) in [5.41, 5.74) is 3.33. The van der Waals surface area contributed by atoms with E-state index in [1.165, 1.54) is 10.6 Å². The monoisotopic (exact) mass is 392 g/mol. The van der Waals surface area contributed by atoms with E-state index in [1.807, 2.05) is 25.1 Å². The molecule has 2 aromatic heterocycles. The zero-order chi connectivity index (χ0) is 20.4. The lowest BCUT2D eigenvalue weighted by Gasteiger charge is -2.29. The van der Waals surface area contributed by atoms with Crippen LogP contribution >= 0.6 is 0 Å². The number of aryl methyl sites for hydroxylation is 1. The van der Waals surface area contributed by atoms with Crippen molar-refractivity contribution in [2.45, 2.75) is 13.5 Å². The first-order valence-electron chi connectivity index (χ1n) is 9.68. The first-order chi connectivity index (χ1) is 14.0. The van der Waals surface area contributed by atoms with Crippen LogP contribution < -0.4 is 10.5 Å². The lowest BCUT2D eigenvalue weighted by Crippen LogP contribution is -2.36. The Labute approximate surface area is 169 Å². The van der Waals surface area contributed by atoms with Gasteiger partial charge >= 0.3 is 0 Å². The number of amides is 1. The number of carbonyl (C=O) groups is 1. The van der Waals surface area contributed by atoms with Gasteiger partial charge in [-0.3, -0.25) is 14.0 Å². The van der Waals surface area contributed by atoms with Crippen molar-refractivity contribution in [2.24, 2.45) is 0 Å². The molecule has 0 spiro atoms. The molecule has 0 unspecified atom stereocenters. The highest BCUT2D eigenvalue weighted by molar-refractivity contribution is 5.93. The molecule has 7 nitrogen and oxygen atoms in total. The van der Waals surface area contributed by atoms with E-state index in [1.54, 1.807) is 24.2 Å². The van der Waals surface area contributed by atoms with Crippen molar-refractivity contribution in [1.29, 1.82) is 0 Å². The van der Waals surface area contributed by atoms with E-state index >= 15 is 0 Å². The number of nitrogens with zero attached hydrogens (tertiary/aromatic N) is 4. The standard InChI is InChI=1S/C22H24N4O3/c1-16-3-8-20-23-13-19(22(28)26(20)14-16)21(27)24(2)15-17-4-6-18(7-5-17)25-9-11-29-12-10-25/h3-8,13-14H,9-12,15H2,1-2H3. The van der Waals surface area contributed by atoms with Gasteiger partial charge in [-0.1, -0.05) is 18.2 Å². The molecule has 3 heterocycles. The van der Waals surface area contributed by atoms with Crippen LogP contribution in [0.25, 0.3) is 5.65 Å². The summed E-state index contributed by atoms with van der Waals surface area (Å²) in [7, 11) is 1.70. The SMILES string of the molecule is Cc1ccc2ncc(C(=O)N(C)Cc3ccc(N4CCOCC4)cc3)c(=O)n2c1. The third kappa shape index (κ3) is 4.00. The Morgan fingerprint density at radius 2 is 1.86 bits per heavy atom. The number of carbonyl (C=O) groups excluding carboxylic acids is 1. The molecule has 0 N–H and O–H groups in total. The number of anilines is 1. The zero-order valence-electron chi connectivity index (χ0n) is 16.7. The van der Waals surface area contributed by atoms with E-state index in [9.17, 15) is 9.59 Å². The molecular weight excluding hydrogens is 368 g/mol. The summed E-state index contributed by atoms with van der Waals surface area (Å²) >= 11 is 0. The van der Waals surface area contributed by atoms with Crippen LogP contribution in [0.1, 0.15) is 21.5 Å². The Balaban J connectivity index is 1.50. The number of ether oxygens (including phenoxy) is 1. The molecule has 1 saturated heterocycles. The Kier molecular flexibility index (Phi) is 5.31. The maximum Gasteiger partial charge on any atom is 0.270 e. The third-order valence-corrected chi connectivity index (χ3v) is 5.16. The highest BCUT2D eigenvalue weighted by Gasteiger charge is 2.18. The summed E-state index contributed by atoms with van der Waals surface area (Å²) in [6.07, 6.45) is 3.07. The number of fused-ring (bicyclic) bond motifs is 1. The van der Waals surface area contributed by atoms with Gasteiger partial charge in [0.25, 0.3) is 11.5 Å². The quantitative estimate of drug-likeness (QED) is 0.680. The van der Waals surface area contributed by atoms with Crippen LogP contribution in [0, 0.1) is 6.92 Å².